The summed E-state index contributed by atoms with van der Waals surface area (Å²) in [5, 5.41) is 11.1. The molecule has 0 unspecified atom stereocenters. The SMILES string of the molecule is CC/C(=C(\C)[N+](=O)[O-])c1ccc2ncn(-c3ccccc3)c2c1. The van der Waals surface area contributed by atoms with Crippen molar-refractivity contribution >= 4 is 16.6 Å². The smallest absolute Gasteiger partial charge is 0.246 e. The van der Waals surface area contributed by atoms with E-state index >= 15 is 0 Å². The summed E-state index contributed by atoms with van der Waals surface area (Å²) in [5.41, 5.74) is 4.63. The Morgan fingerprint density at radius 3 is 2.61 bits per heavy atom. The number of nitro groups is 1. The molecule has 0 radical (unpaired) electrons. The third kappa shape index (κ3) is 2.73. The highest BCUT2D eigenvalue weighted by Gasteiger charge is 2.15. The van der Waals surface area contributed by atoms with Crippen molar-refractivity contribution in [3.8, 4) is 5.69 Å². The van der Waals surface area contributed by atoms with Gasteiger partial charge in [-0.2, -0.15) is 0 Å². The van der Waals surface area contributed by atoms with Gasteiger partial charge in [0, 0.05) is 18.2 Å². The zero-order valence-corrected chi connectivity index (χ0v) is 13.1. The highest BCUT2D eigenvalue weighted by molar-refractivity contribution is 5.82. The van der Waals surface area contributed by atoms with Gasteiger partial charge in [0.15, 0.2) is 0 Å². The van der Waals surface area contributed by atoms with Gasteiger partial charge in [0.25, 0.3) is 0 Å². The van der Waals surface area contributed by atoms with Gasteiger partial charge in [0.1, 0.15) is 6.33 Å². The fourth-order valence-corrected chi connectivity index (χ4v) is 2.77. The molecule has 3 aromatic rings. The van der Waals surface area contributed by atoms with Crippen LogP contribution in [0.5, 0.6) is 0 Å². The van der Waals surface area contributed by atoms with Crippen LogP contribution in [-0.4, -0.2) is 14.5 Å². The second-order valence-corrected chi connectivity index (χ2v) is 5.33. The molecule has 0 amide bonds. The van der Waals surface area contributed by atoms with Gasteiger partial charge in [-0.05, 0) is 36.2 Å². The second-order valence-electron chi connectivity index (χ2n) is 5.33. The first-order valence-electron chi connectivity index (χ1n) is 7.49. The Bertz CT molecular complexity index is 895. The van der Waals surface area contributed by atoms with Crippen molar-refractivity contribution in [2.45, 2.75) is 20.3 Å². The summed E-state index contributed by atoms with van der Waals surface area (Å²) in [6.07, 6.45) is 2.39. The first kappa shape index (κ1) is 15.0. The monoisotopic (exact) mass is 307 g/mol. The van der Waals surface area contributed by atoms with Gasteiger partial charge in [-0.15, -0.1) is 0 Å². The van der Waals surface area contributed by atoms with Crippen molar-refractivity contribution < 1.29 is 4.92 Å². The van der Waals surface area contributed by atoms with E-state index in [1.807, 2.05) is 60.0 Å². The highest BCUT2D eigenvalue weighted by atomic mass is 16.6. The van der Waals surface area contributed by atoms with Crippen molar-refractivity contribution in [3.05, 3.63) is 76.2 Å². The Balaban J connectivity index is 2.19. The van der Waals surface area contributed by atoms with Crippen molar-refractivity contribution in [2.24, 2.45) is 0 Å². The number of imidazole rings is 1. The van der Waals surface area contributed by atoms with E-state index in [9.17, 15) is 10.1 Å². The quantitative estimate of drug-likeness (QED) is 0.528. The zero-order valence-electron chi connectivity index (χ0n) is 13.1. The third-order valence-corrected chi connectivity index (χ3v) is 3.99. The molecule has 0 aliphatic heterocycles. The maximum Gasteiger partial charge on any atom is 0.246 e. The first-order chi connectivity index (χ1) is 11.1. The minimum Gasteiger partial charge on any atom is -0.299 e. The molecule has 0 aliphatic rings. The minimum atomic E-state index is -0.322. The minimum absolute atomic E-state index is 0.192. The molecule has 0 spiro atoms. The lowest BCUT2D eigenvalue weighted by Crippen LogP contribution is -1.99. The zero-order chi connectivity index (χ0) is 16.4. The van der Waals surface area contributed by atoms with Crippen LogP contribution in [0.25, 0.3) is 22.3 Å². The third-order valence-electron chi connectivity index (χ3n) is 3.99. The summed E-state index contributed by atoms with van der Waals surface area (Å²) in [5.74, 6) is 0. The largest absolute Gasteiger partial charge is 0.299 e. The summed E-state index contributed by atoms with van der Waals surface area (Å²) in [6, 6.07) is 15.7. The van der Waals surface area contributed by atoms with Crippen LogP contribution >= 0.6 is 0 Å². The number of fused-ring (bicyclic) bond motifs is 1. The Morgan fingerprint density at radius 1 is 1.22 bits per heavy atom. The van der Waals surface area contributed by atoms with Gasteiger partial charge >= 0.3 is 0 Å². The van der Waals surface area contributed by atoms with E-state index in [2.05, 4.69) is 4.98 Å². The Labute approximate surface area is 134 Å². The molecule has 0 bridgehead atoms. The molecule has 23 heavy (non-hydrogen) atoms. The van der Waals surface area contributed by atoms with Gasteiger partial charge in [0.05, 0.1) is 16.0 Å². The molecular weight excluding hydrogens is 290 g/mol. The lowest BCUT2D eigenvalue weighted by atomic mass is 10.0. The molecule has 0 aliphatic carbocycles. The van der Waals surface area contributed by atoms with Crippen LogP contribution in [0, 0.1) is 10.1 Å². The fourth-order valence-electron chi connectivity index (χ4n) is 2.77. The molecule has 3 rings (SSSR count). The average molecular weight is 307 g/mol. The summed E-state index contributed by atoms with van der Waals surface area (Å²) < 4.78 is 1.99. The number of hydrogen-bond acceptors (Lipinski definition) is 3. The topological polar surface area (TPSA) is 61.0 Å². The maximum absolute atomic E-state index is 11.1. The number of allylic oxidation sites excluding steroid dienone is 2. The van der Waals surface area contributed by atoms with Crippen LogP contribution in [0.3, 0.4) is 0 Å². The maximum atomic E-state index is 11.1. The Hall–Kier alpha value is -2.95. The first-order valence-corrected chi connectivity index (χ1v) is 7.49. The van der Waals surface area contributed by atoms with Crippen molar-refractivity contribution in [1.29, 1.82) is 0 Å². The summed E-state index contributed by atoms with van der Waals surface area (Å²) in [7, 11) is 0. The summed E-state index contributed by atoms with van der Waals surface area (Å²) in [4.78, 5) is 15.2. The van der Waals surface area contributed by atoms with Crippen LogP contribution in [0.2, 0.25) is 0 Å². The number of aromatic nitrogens is 2. The van der Waals surface area contributed by atoms with Crippen molar-refractivity contribution in [1.82, 2.24) is 9.55 Å². The molecule has 0 N–H and O–H groups in total. The van der Waals surface area contributed by atoms with Crippen LogP contribution in [-0.2, 0) is 0 Å². The lowest BCUT2D eigenvalue weighted by molar-refractivity contribution is -0.423. The van der Waals surface area contributed by atoms with E-state index in [-0.39, 0.29) is 10.6 Å². The normalized spacial score (nSPS) is 12.3. The summed E-state index contributed by atoms with van der Waals surface area (Å²) in [6.45, 7) is 3.48. The van der Waals surface area contributed by atoms with Crippen molar-refractivity contribution in [2.75, 3.05) is 0 Å². The molecule has 1 aromatic heterocycles. The second kappa shape index (κ2) is 6.04. The molecule has 116 valence electrons. The molecular formula is C18H17N3O2. The lowest BCUT2D eigenvalue weighted by Gasteiger charge is -2.08. The van der Waals surface area contributed by atoms with Crippen molar-refractivity contribution in [3.63, 3.8) is 0 Å². The van der Waals surface area contributed by atoms with E-state index < -0.39 is 0 Å². The van der Waals surface area contributed by atoms with E-state index in [0.717, 1.165) is 27.9 Å². The van der Waals surface area contributed by atoms with Crippen LogP contribution in [0.15, 0.2) is 60.6 Å². The molecule has 0 saturated heterocycles. The standard InChI is InChI=1S/C18H17N3O2/c1-3-16(13(2)21(22)23)14-9-10-17-18(11-14)20(12-19-17)15-7-5-4-6-8-15/h4-12H,3H2,1-2H3/b16-13-. The van der Waals surface area contributed by atoms with Gasteiger partial charge in [-0.25, -0.2) is 4.98 Å². The number of hydrogen-bond donors (Lipinski definition) is 0. The highest BCUT2D eigenvalue weighted by Crippen LogP contribution is 2.27. The molecule has 0 atom stereocenters. The average Bonchev–Trinajstić information content (AvgIpc) is 2.99. The van der Waals surface area contributed by atoms with E-state index in [1.165, 1.54) is 0 Å². The molecule has 0 fully saturated rings. The Kier molecular flexibility index (Phi) is 3.93. The number of nitrogens with zero attached hydrogens (tertiary/aromatic N) is 3. The van der Waals surface area contributed by atoms with Gasteiger partial charge in [0.2, 0.25) is 5.70 Å². The molecule has 1 heterocycles. The van der Waals surface area contributed by atoms with Crippen LogP contribution in [0.1, 0.15) is 25.8 Å². The number of rotatable bonds is 4. The predicted molar refractivity (Wildman–Crippen MR) is 90.9 cm³/mol. The number of benzene rings is 2. The Morgan fingerprint density at radius 2 is 1.96 bits per heavy atom. The molecule has 0 saturated carbocycles. The van der Waals surface area contributed by atoms with Gasteiger partial charge in [-0.3, -0.25) is 14.7 Å². The van der Waals surface area contributed by atoms with E-state index in [0.29, 0.717) is 6.42 Å². The van der Waals surface area contributed by atoms with Gasteiger partial charge in [-0.1, -0.05) is 31.2 Å². The van der Waals surface area contributed by atoms with Gasteiger partial charge < -0.3 is 0 Å². The predicted octanol–water partition coefficient (Wildman–Crippen LogP) is 4.44. The van der Waals surface area contributed by atoms with Crippen LogP contribution < -0.4 is 0 Å². The van der Waals surface area contributed by atoms with E-state index in [4.69, 9.17) is 0 Å². The van der Waals surface area contributed by atoms with E-state index in [1.54, 1.807) is 13.3 Å². The molecule has 5 heteroatoms. The molecule has 5 nitrogen and oxygen atoms in total. The van der Waals surface area contributed by atoms with Crippen LogP contribution in [0.4, 0.5) is 0 Å². The molecule has 2 aromatic carbocycles. The summed E-state index contributed by atoms with van der Waals surface area (Å²) >= 11 is 0. The number of para-hydroxylation sites is 1. The fraction of sp³-hybridized carbons (Fsp3) is 0.167.